The summed E-state index contributed by atoms with van der Waals surface area (Å²) in [6.07, 6.45) is 1.51. The Morgan fingerprint density at radius 1 is 1.35 bits per heavy atom. The average molecular weight is 336 g/mol. The second-order valence-corrected chi connectivity index (χ2v) is 6.68. The highest BCUT2D eigenvalue weighted by Crippen LogP contribution is 2.14. The second kappa shape index (κ2) is 7.10. The van der Waals surface area contributed by atoms with Gasteiger partial charge in [0, 0.05) is 26.2 Å². The standard InChI is InChI=1S/C15H20N4O3S/c20-13-10(3-1-5-17-13)18-14(21)11-9-19(7-6-16-11)15(22)12-4-2-8-23-12/h2,4,8,10-11,16H,1,3,5-7,9H2,(H,17,20)(H,18,21). The maximum Gasteiger partial charge on any atom is 0.264 e. The number of carbonyl (C=O) groups excluding carboxylic acids is 3. The van der Waals surface area contributed by atoms with Crippen molar-refractivity contribution in [2.45, 2.75) is 24.9 Å². The minimum atomic E-state index is -0.484. The molecular formula is C15H20N4O3S. The third-order valence-corrected chi connectivity index (χ3v) is 4.97. The number of hydrogen-bond acceptors (Lipinski definition) is 5. The third-order valence-electron chi connectivity index (χ3n) is 4.11. The summed E-state index contributed by atoms with van der Waals surface area (Å²) in [6, 6.07) is 2.67. The molecule has 2 unspecified atom stereocenters. The van der Waals surface area contributed by atoms with E-state index >= 15 is 0 Å². The predicted molar refractivity (Wildman–Crippen MR) is 86.2 cm³/mol. The van der Waals surface area contributed by atoms with E-state index in [9.17, 15) is 14.4 Å². The summed E-state index contributed by atoms with van der Waals surface area (Å²) < 4.78 is 0. The van der Waals surface area contributed by atoms with Gasteiger partial charge in [-0.05, 0) is 24.3 Å². The molecular weight excluding hydrogens is 316 g/mol. The van der Waals surface area contributed by atoms with Gasteiger partial charge in [-0.3, -0.25) is 14.4 Å². The SMILES string of the molecule is O=C(NC1CCCNC1=O)C1CN(C(=O)c2cccs2)CCN1. The minimum absolute atomic E-state index is 0.0466. The lowest BCUT2D eigenvalue weighted by molar-refractivity contribution is -0.131. The van der Waals surface area contributed by atoms with Crippen molar-refractivity contribution in [3.63, 3.8) is 0 Å². The molecule has 3 amide bonds. The zero-order chi connectivity index (χ0) is 16.2. The Morgan fingerprint density at radius 2 is 2.22 bits per heavy atom. The van der Waals surface area contributed by atoms with E-state index in [1.54, 1.807) is 11.0 Å². The number of thiophene rings is 1. The van der Waals surface area contributed by atoms with Crippen LogP contribution in [0.25, 0.3) is 0 Å². The van der Waals surface area contributed by atoms with Crippen molar-refractivity contribution in [2.75, 3.05) is 26.2 Å². The van der Waals surface area contributed by atoms with Crippen LogP contribution in [0.5, 0.6) is 0 Å². The van der Waals surface area contributed by atoms with Crippen molar-refractivity contribution < 1.29 is 14.4 Å². The van der Waals surface area contributed by atoms with Gasteiger partial charge in [-0.1, -0.05) is 6.07 Å². The van der Waals surface area contributed by atoms with E-state index in [1.165, 1.54) is 11.3 Å². The van der Waals surface area contributed by atoms with Crippen LogP contribution in [-0.2, 0) is 9.59 Å². The second-order valence-electron chi connectivity index (χ2n) is 5.73. The maximum atomic E-state index is 12.4. The van der Waals surface area contributed by atoms with E-state index in [-0.39, 0.29) is 17.7 Å². The van der Waals surface area contributed by atoms with Crippen molar-refractivity contribution in [2.24, 2.45) is 0 Å². The van der Waals surface area contributed by atoms with Crippen LogP contribution in [0.3, 0.4) is 0 Å². The van der Waals surface area contributed by atoms with Gasteiger partial charge in [0.15, 0.2) is 0 Å². The van der Waals surface area contributed by atoms with Gasteiger partial charge in [-0.15, -0.1) is 11.3 Å². The topological polar surface area (TPSA) is 90.5 Å². The highest BCUT2D eigenvalue weighted by Gasteiger charge is 2.31. The molecule has 8 heteroatoms. The third kappa shape index (κ3) is 3.70. The lowest BCUT2D eigenvalue weighted by Crippen LogP contribution is -2.61. The first-order valence-electron chi connectivity index (χ1n) is 7.79. The largest absolute Gasteiger partial charge is 0.354 e. The Bertz CT molecular complexity index is 590. The summed E-state index contributed by atoms with van der Waals surface area (Å²) in [4.78, 5) is 38.9. The molecule has 0 aromatic carbocycles. The van der Waals surface area contributed by atoms with Crippen molar-refractivity contribution in [1.82, 2.24) is 20.9 Å². The van der Waals surface area contributed by atoms with Crippen LogP contribution in [-0.4, -0.2) is 60.9 Å². The summed E-state index contributed by atoms with van der Waals surface area (Å²) in [5.74, 6) is -0.405. The lowest BCUT2D eigenvalue weighted by Gasteiger charge is -2.33. The number of carbonyl (C=O) groups is 3. The molecule has 7 nitrogen and oxygen atoms in total. The average Bonchev–Trinajstić information content (AvgIpc) is 3.11. The monoisotopic (exact) mass is 336 g/mol. The fourth-order valence-electron chi connectivity index (χ4n) is 2.85. The number of piperazine rings is 1. The number of piperidine rings is 1. The van der Waals surface area contributed by atoms with Crippen LogP contribution >= 0.6 is 11.3 Å². The predicted octanol–water partition coefficient (Wildman–Crippen LogP) is -0.443. The first-order valence-corrected chi connectivity index (χ1v) is 8.67. The molecule has 1 aromatic rings. The zero-order valence-electron chi connectivity index (χ0n) is 12.7. The Morgan fingerprint density at radius 3 is 2.96 bits per heavy atom. The van der Waals surface area contributed by atoms with Crippen molar-refractivity contribution in [3.05, 3.63) is 22.4 Å². The van der Waals surface area contributed by atoms with Gasteiger partial charge in [0.2, 0.25) is 11.8 Å². The van der Waals surface area contributed by atoms with Gasteiger partial charge in [0.05, 0.1) is 4.88 Å². The normalized spacial score (nSPS) is 24.9. The van der Waals surface area contributed by atoms with E-state index in [1.807, 2.05) is 11.4 Å². The molecule has 2 fully saturated rings. The molecule has 3 N–H and O–H groups in total. The van der Waals surface area contributed by atoms with E-state index in [4.69, 9.17) is 0 Å². The minimum Gasteiger partial charge on any atom is -0.354 e. The van der Waals surface area contributed by atoms with Gasteiger partial charge in [0.25, 0.3) is 5.91 Å². The molecule has 3 rings (SSSR count). The van der Waals surface area contributed by atoms with Crippen LogP contribution in [0.15, 0.2) is 17.5 Å². The highest BCUT2D eigenvalue weighted by molar-refractivity contribution is 7.12. The number of rotatable bonds is 3. The Balaban J connectivity index is 1.58. The van der Waals surface area contributed by atoms with Gasteiger partial charge in [-0.2, -0.15) is 0 Å². The fourth-order valence-corrected chi connectivity index (χ4v) is 3.54. The first-order chi connectivity index (χ1) is 11.1. The quantitative estimate of drug-likeness (QED) is 0.698. The highest BCUT2D eigenvalue weighted by atomic mass is 32.1. The van der Waals surface area contributed by atoms with Gasteiger partial charge in [0.1, 0.15) is 12.1 Å². The molecule has 0 bridgehead atoms. The molecule has 2 saturated heterocycles. The van der Waals surface area contributed by atoms with Gasteiger partial charge in [-0.25, -0.2) is 0 Å². The van der Waals surface area contributed by atoms with Crippen LogP contribution in [0.2, 0.25) is 0 Å². The van der Waals surface area contributed by atoms with Crippen molar-refractivity contribution in [1.29, 1.82) is 0 Å². The van der Waals surface area contributed by atoms with Crippen LogP contribution < -0.4 is 16.0 Å². The molecule has 3 heterocycles. The van der Waals surface area contributed by atoms with Crippen LogP contribution in [0, 0.1) is 0 Å². The molecule has 2 aliphatic rings. The molecule has 23 heavy (non-hydrogen) atoms. The molecule has 0 radical (unpaired) electrons. The summed E-state index contributed by atoms with van der Waals surface area (Å²) in [7, 11) is 0. The molecule has 2 atom stereocenters. The molecule has 0 saturated carbocycles. The van der Waals surface area contributed by atoms with Gasteiger partial charge < -0.3 is 20.9 Å². The van der Waals surface area contributed by atoms with E-state index in [0.717, 1.165) is 6.42 Å². The van der Waals surface area contributed by atoms with Gasteiger partial charge >= 0.3 is 0 Å². The smallest absolute Gasteiger partial charge is 0.264 e. The number of nitrogens with one attached hydrogen (secondary N) is 3. The van der Waals surface area contributed by atoms with Crippen molar-refractivity contribution >= 4 is 29.1 Å². The van der Waals surface area contributed by atoms with E-state index in [0.29, 0.717) is 37.5 Å². The number of nitrogens with zero attached hydrogens (tertiary/aromatic N) is 1. The Kier molecular flexibility index (Phi) is 4.92. The summed E-state index contributed by atoms with van der Waals surface area (Å²) >= 11 is 1.40. The Labute approximate surface area is 138 Å². The van der Waals surface area contributed by atoms with E-state index < -0.39 is 12.1 Å². The molecule has 0 spiro atoms. The maximum absolute atomic E-state index is 12.4. The molecule has 1 aromatic heterocycles. The molecule has 0 aliphatic carbocycles. The summed E-state index contributed by atoms with van der Waals surface area (Å²) in [5.41, 5.74) is 0. The first kappa shape index (κ1) is 15.9. The van der Waals surface area contributed by atoms with Crippen LogP contribution in [0.4, 0.5) is 0 Å². The van der Waals surface area contributed by atoms with Crippen molar-refractivity contribution in [3.8, 4) is 0 Å². The Hall–Kier alpha value is -1.93. The van der Waals surface area contributed by atoms with Crippen LogP contribution in [0.1, 0.15) is 22.5 Å². The zero-order valence-corrected chi connectivity index (χ0v) is 13.5. The molecule has 124 valence electrons. The lowest BCUT2D eigenvalue weighted by atomic mass is 10.1. The fraction of sp³-hybridized carbons (Fsp3) is 0.533. The summed E-state index contributed by atoms with van der Waals surface area (Å²) in [6.45, 7) is 2.11. The molecule has 2 aliphatic heterocycles. The van der Waals surface area contributed by atoms with E-state index in [2.05, 4.69) is 16.0 Å². The summed E-state index contributed by atoms with van der Waals surface area (Å²) in [5, 5.41) is 10.5. The number of hydrogen-bond donors (Lipinski definition) is 3. The number of amides is 3.